The standard InChI is InChI=1S/C14H18BrClO3S/c1-9-6-12(19-8-10(2)15)11(14(3,4)5)7-13(9)20(16,17)18/h6-7H,2,8H2,1,3-5H3. The molecular weight excluding hydrogens is 364 g/mol. The summed E-state index contributed by atoms with van der Waals surface area (Å²) >= 11 is 3.24. The summed E-state index contributed by atoms with van der Waals surface area (Å²) in [6, 6.07) is 3.29. The Morgan fingerprint density at radius 2 is 1.95 bits per heavy atom. The first kappa shape index (κ1) is 17.5. The third-order valence-corrected chi connectivity index (χ3v) is 4.42. The zero-order chi connectivity index (χ0) is 15.7. The Morgan fingerprint density at radius 1 is 1.40 bits per heavy atom. The van der Waals surface area contributed by atoms with Crippen LogP contribution in [0.2, 0.25) is 0 Å². The third kappa shape index (κ3) is 4.50. The number of aryl methyl sites for hydroxylation is 1. The number of rotatable bonds is 4. The monoisotopic (exact) mass is 380 g/mol. The topological polar surface area (TPSA) is 43.4 Å². The molecule has 0 saturated heterocycles. The van der Waals surface area contributed by atoms with E-state index in [2.05, 4.69) is 22.5 Å². The molecule has 0 N–H and O–H groups in total. The number of ether oxygens (including phenoxy) is 1. The molecule has 3 nitrogen and oxygen atoms in total. The van der Waals surface area contributed by atoms with Crippen LogP contribution in [-0.2, 0) is 14.5 Å². The summed E-state index contributed by atoms with van der Waals surface area (Å²) in [6.45, 7) is 11.7. The zero-order valence-electron chi connectivity index (χ0n) is 12.0. The first-order chi connectivity index (χ1) is 8.93. The summed E-state index contributed by atoms with van der Waals surface area (Å²) in [6.07, 6.45) is 0. The fraction of sp³-hybridized carbons (Fsp3) is 0.429. The molecule has 0 bridgehead atoms. The Bertz CT molecular complexity index is 631. The maximum absolute atomic E-state index is 11.6. The minimum Gasteiger partial charge on any atom is -0.488 e. The highest BCUT2D eigenvalue weighted by atomic mass is 79.9. The van der Waals surface area contributed by atoms with Gasteiger partial charge in [0.25, 0.3) is 9.05 Å². The smallest absolute Gasteiger partial charge is 0.261 e. The predicted molar refractivity (Wildman–Crippen MR) is 86.5 cm³/mol. The minimum absolute atomic E-state index is 0.120. The molecule has 1 aromatic carbocycles. The van der Waals surface area contributed by atoms with Crippen LogP contribution in [0.3, 0.4) is 0 Å². The van der Waals surface area contributed by atoms with Gasteiger partial charge in [0.1, 0.15) is 12.4 Å². The fourth-order valence-electron chi connectivity index (χ4n) is 1.79. The van der Waals surface area contributed by atoms with E-state index in [1.165, 1.54) is 0 Å². The van der Waals surface area contributed by atoms with Crippen LogP contribution in [0.25, 0.3) is 0 Å². The molecule has 6 heteroatoms. The van der Waals surface area contributed by atoms with Crippen LogP contribution >= 0.6 is 26.6 Å². The average molecular weight is 382 g/mol. The molecule has 112 valence electrons. The second kappa shape index (κ2) is 6.08. The lowest BCUT2D eigenvalue weighted by Crippen LogP contribution is -2.15. The van der Waals surface area contributed by atoms with Gasteiger partial charge in [-0.05, 0) is 30.0 Å². The molecule has 0 aliphatic carbocycles. The van der Waals surface area contributed by atoms with Gasteiger partial charge in [0.05, 0.1) is 4.90 Å². The van der Waals surface area contributed by atoms with E-state index in [4.69, 9.17) is 15.4 Å². The molecule has 0 amide bonds. The molecule has 0 radical (unpaired) electrons. The van der Waals surface area contributed by atoms with Crippen molar-refractivity contribution in [2.24, 2.45) is 0 Å². The third-order valence-electron chi connectivity index (χ3n) is 2.73. The van der Waals surface area contributed by atoms with Crippen molar-refractivity contribution in [3.63, 3.8) is 0 Å². The van der Waals surface area contributed by atoms with Gasteiger partial charge >= 0.3 is 0 Å². The number of benzene rings is 1. The molecule has 0 unspecified atom stereocenters. The van der Waals surface area contributed by atoms with Crippen LogP contribution in [-0.4, -0.2) is 15.0 Å². The fourth-order valence-corrected chi connectivity index (χ4v) is 3.10. The minimum atomic E-state index is -3.77. The summed E-state index contributed by atoms with van der Waals surface area (Å²) < 4.78 is 29.6. The van der Waals surface area contributed by atoms with E-state index in [1.54, 1.807) is 19.1 Å². The molecule has 1 aromatic rings. The van der Waals surface area contributed by atoms with Gasteiger partial charge in [-0.15, -0.1) is 0 Å². The molecule has 1 rings (SSSR count). The second-order valence-corrected chi connectivity index (χ2v) is 9.26. The van der Waals surface area contributed by atoms with E-state index in [0.29, 0.717) is 22.4 Å². The molecule has 20 heavy (non-hydrogen) atoms. The Kier molecular flexibility index (Phi) is 5.33. The molecule has 0 aromatic heterocycles. The summed E-state index contributed by atoms with van der Waals surface area (Å²) in [4.78, 5) is 0.120. The summed E-state index contributed by atoms with van der Waals surface area (Å²) in [5.41, 5.74) is 1.08. The van der Waals surface area contributed by atoms with Gasteiger partial charge in [0, 0.05) is 20.7 Å². The molecule has 0 fully saturated rings. The van der Waals surface area contributed by atoms with Crippen LogP contribution < -0.4 is 4.74 Å². The summed E-state index contributed by atoms with van der Waals surface area (Å²) in [5.74, 6) is 0.639. The van der Waals surface area contributed by atoms with Crippen molar-refractivity contribution in [2.75, 3.05) is 6.61 Å². The Hall–Kier alpha value is -0.520. The van der Waals surface area contributed by atoms with Crippen LogP contribution in [0.1, 0.15) is 31.9 Å². The van der Waals surface area contributed by atoms with E-state index in [1.807, 2.05) is 20.8 Å². The highest BCUT2D eigenvalue weighted by Gasteiger charge is 2.24. The normalized spacial score (nSPS) is 12.3. The lowest BCUT2D eigenvalue weighted by atomic mass is 9.86. The molecule has 0 aliphatic heterocycles. The van der Waals surface area contributed by atoms with E-state index in [9.17, 15) is 8.42 Å². The Balaban J connectivity index is 3.45. The number of halogens is 2. The van der Waals surface area contributed by atoms with Crippen molar-refractivity contribution in [3.8, 4) is 5.75 Å². The van der Waals surface area contributed by atoms with Crippen molar-refractivity contribution >= 4 is 35.7 Å². The molecule has 0 atom stereocenters. The Morgan fingerprint density at radius 3 is 2.35 bits per heavy atom. The van der Waals surface area contributed by atoms with E-state index in [-0.39, 0.29) is 10.3 Å². The molecule has 0 heterocycles. The average Bonchev–Trinajstić information content (AvgIpc) is 2.22. The van der Waals surface area contributed by atoms with Crippen LogP contribution in [0.15, 0.2) is 28.1 Å². The van der Waals surface area contributed by atoms with Crippen molar-refractivity contribution in [1.29, 1.82) is 0 Å². The van der Waals surface area contributed by atoms with Crippen molar-refractivity contribution < 1.29 is 13.2 Å². The largest absolute Gasteiger partial charge is 0.488 e. The van der Waals surface area contributed by atoms with Gasteiger partial charge in [-0.3, -0.25) is 0 Å². The van der Waals surface area contributed by atoms with Crippen LogP contribution in [0.5, 0.6) is 5.75 Å². The van der Waals surface area contributed by atoms with Crippen molar-refractivity contribution in [3.05, 3.63) is 34.3 Å². The van der Waals surface area contributed by atoms with E-state index >= 15 is 0 Å². The first-order valence-electron chi connectivity index (χ1n) is 5.99. The predicted octanol–water partition coefficient (Wildman–Crippen LogP) is 4.51. The summed E-state index contributed by atoms with van der Waals surface area (Å²) in [7, 11) is 1.70. The van der Waals surface area contributed by atoms with E-state index in [0.717, 1.165) is 5.56 Å². The highest BCUT2D eigenvalue weighted by Crippen LogP contribution is 2.36. The number of hydrogen-bond acceptors (Lipinski definition) is 3. The van der Waals surface area contributed by atoms with Crippen molar-refractivity contribution in [1.82, 2.24) is 0 Å². The lowest BCUT2D eigenvalue weighted by molar-refractivity contribution is 0.348. The summed E-state index contributed by atoms with van der Waals surface area (Å²) in [5, 5.41) is 0. The van der Waals surface area contributed by atoms with Gasteiger partial charge in [-0.1, -0.05) is 43.3 Å². The van der Waals surface area contributed by atoms with Gasteiger partial charge in [0.15, 0.2) is 0 Å². The van der Waals surface area contributed by atoms with Gasteiger partial charge in [0.2, 0.25) is 0 Å². The molecule has 0 saturated carbocycles. The lowest BCUT2D eigenvalue weighted by Gasteiger charge is -2.24. The first-order valence-corrected chi connectivity index (χ1v) is 9.09. The molecular formula is C14H18BrClO3S. The SMILES string of the molecule is C=C(Br)COc1cc(C)c(S(=O)(=O)Cl)cc1C(C)(C)C. The number of hydrogen-bond donors (Lipinski definition) is 0. The van der Waals surface area contributed by atoms with Gasteiger partial charge < -0.3 is 4.74 Å². The zero-order valence-corrected chi connectivity index (χ0v) is 15.1. The van der Waals surface area contributed by atoms with E-state index < -0.39 is 9.05 Å². The van der Waals surface area contributed by atoms with Crippen LogP contribution in [0, 0.1) is 6.92 Å². The van der Waals surface area contributed by atoms with Crippen molar-refractivity contribution in [2.45, 2.75) is 38.0 Å². The maximum Gasteiger partial charge on any atom is 0.261 e. The molecule has 0 aliphatic rings. The maximum atomic E-state index is 11.6. The quantitative estimate of drug-likeness (QED) is 0.721. The molecule has 0 spiro atoms. The second-order valence-electron chi connectivity index (χ2n) is 5.61. The Labute approximate surface area is 133 Å². The highest BCUT2D eigenvalue weighted by molar-refractivity contribution is 9.11. The van der Waals surface area contributed by atoms with Gasteiger partial charge in [-0.2, -0.15) is 0 Å². The van der Waals surface area contributed by atoms with Gasteiger partial charge in [-0.25, -0.2) is 8.42 Å². The van der Waals surface area contributed by atoms with Crippen LogP contribution in [0.4, 0.5) is 0 Å².